The average Bonchev–Trinajstić information content (AvgIpc) is 2.67. The number of anilines is 1. The first-order valence-electron chi connectivity index (χ1n) is 5.42. The number of nitrogens with two attached hydrogens (primary N) is 1. The first-order chi connectivity index (χ1) is 7.70. The summed E-state index contributed by atoms with van der Waals surface area (Å²) < 4.78 is 0.922. The van der Waals surface area contributed by atoms with Crippen LogP contribution in [-0.4, -0.2) is 12.1 Å². The van der Waals surface area contributed by atoms with E-state index in [0.717, 1.165) is 23.0 Å². The summed E-state index contributed by atoms with van der Waals surface area (Å²) in [6.45, 7) is 0. The normalized spacial score (nSPS) is 24.1. The molecule has 84 valence electrons. The van der Waals surface area contributed by atoms with Crippen molar-refractivity contribution >= 4 is 21.6 Å². The molecule has 0 radical (unpaired) electrons. The summed E-state index contributed by atoms with van der Waals surface area (Å²) in [5.41, 5.74) is 7.68. The monoisotopic (exact) mass is 279 g/mol. The van der Waals surface area contributed by atoms with E-state index in [1.54, 1.807) is 0 Å². The zero-order chi connectivity index (χ0) is 11.5. The summed E-state index contributed by atoms with van der Waals surface area (Å²) in [6.07, 6.45) is 3.39. The lowest BCUT2D eigenvalue weighted by Gasteiger charge is -2.19. The molecule has 0 bridgehead atoms. The van der Waals surface area contributed by atoms with Crippen molar-refractivity contribution in [1.82, 2.24) is 0 Å². The minimum atomic E-state index is 0.238. The lowest BCUT2D eigenvalue weighted by atomic mass is 10.1. The van der Waals surface area contributed by atoms with Gasteiger partial charge in [-0.1, -0.05) is 0 Å². The molecule has 0 saturated heterocycles. The van der Waals surface area contributed by atoms with Gasteiger partial charge in [-0.2, -0.15) is 5.26 Å². The molecule has 2 unspecified atom stereocenters. The standard InChI is InChI=1S/C12H14BrN3/c13-9-6-8(7-14)4-5-11(9)16-12-3-1-2-10(12)15/h4-6,10,12,16H,1-3,15H2. The van der Waals surface area contributed by atoms with E-state index in [-0.39, 0.29) is 6.04 Å². The van der Waals surface area contributed by atoms with Gasteiger partial charge >= 0.3 is 0 Å². The van der Waals surface area contributed by atoms with Crippen molar-refractivity contribution in [2.75, 3.05) is 5.32 Å². The van der Waals surface area contributed by atoms with Gasteiger partial charge in [0.15, 0.2) is 0 Å². The van der Waals surface area contributed by atoms with Crippen LogP contribution in [0.15, 0.2) is 22.7 Å². The Morgan fingerprint density at radius 3 is 2.81 bits per heavy atom. The molecule has 3 N–H and O–H groups in total. The SMILES string of the molecule is N#Cc1ccc(NC2CCCC2N)c(Br)c1. The van der Waals surface area contributed by atoms with Gasteiger partial charge in [0.05, 0.1) is 11.6 Å². The van der Waals surface area contributed by atoms with E-state index in [0.29, 0.717) is 11.6 Å². The topological polar surface area (TPSA) is 61.8 Å². The van der Waals surface area contributed by atoms with Gasteiger partial charge in [-0.15, -0.1) is 0 Å². The molecule has 1 aromatic rings. The summed E-state index contributed by atoms with van der Waals surface area (Å²) in [7, 11) is 0. The highest BCUT2D eigenvalue weighted by atomic mass is 79.9. The molecule has 0 spiro atoms. The zero-order valence-electron chi connectivity index (χ0n) is 8.91. The predicted octanol–water partition coefficient (Wildman–Crippen LogP) is 2.61. The molecule has 4 heteroatoms. The number of benzene rings is 1. The minimum absolute atomic E-state index is 0.238. The van der Waals surface area contributed by atoms with Crippen LogP contribution in [0, 0.1) is 11.3 Å². The van der Waals surface area contributed by atoms with Crippen LogP contribution in [-0.2, 0) is 0 Å². The highest BCUT2D eigenvalue weighted by Gasteiger charge is 2.23. The van der Waals surface area contributed by atoms with E-state index in [4.69, 9.17) is 11.0 Å². The number of nitriles is 1. The van der Waals surface area contributed by atoms with Crippen LogP contribution < -0.4 is 11.1 Å². The van der Waals surface area contributed by atoms with E-state index < -0.39 is 0 Å². The smallest absolute Gasteiger partial charge is 0.0992 e. The third-order valence-corrected chi connectivity index (χ3v) is 3.66. The average molecular weight is 280 g/mol. The van der Waals surface area contributed by atoms with E-state index >= 15 is 0 Å². The van der Waals surface area contributed by atoms with Crippen molar-refractivity contribution in [1.29, 1.82) is 5.26 Å². The third kappa shape index (κ3) is 2.37. The fourth-order valence-electron chi connectivity index (χ4n) is 2.07. The molecule has 1 aromatic carbocycles. The molecular weight excluding hydrogens is 266 g/mol. The van der Waals surface area contributed by atoms with E-state index in [9.17, 15) is 0 Å². The fraction of sp³-hybridized carbons (Fsp3) is 0.417. The quantitative estimate of drug-likeness (QED) is 0.875. The molecule has 3 nitrogen and oxygen atoms in total. The molecule has 1 aliphatic rings. The first kappa shape index (κ1) is 11.4. The van der Waals surface area contributed by atoms with Gasteiger partial charge in [0.25, 0.3) is 0 Å². The Morgan fingerprint density at radius 2 is 2.25 bits per heavy atom. The number of halogens is 1. The van der Waals surface area contributed by atoms with Gasteiger partial charge in [0.2, 0.25) is 0 Å². The number of nitrogens with zero attached hydrogens (tertiary/aromatic N) is 1. The second-order valence-electron chi connectivity index (χ2n) is 4.15. The van der Waals surface area contributed by atoms with Gasteiger partial charge in [0, 0.05) is 22.2 Å². The molecule has 0 amide bonds. The fourth-order valence-corrected chi connectivity index (χ4v) is 2.56. The molecule has 0 aliphatic heterocycles. The Bertz CT molecular complexity index is 425. The van der Waals surface area contributed by atoms with Gasteiger partial charge in [-0.25, -0.2) is 0 Å². The van der Waals surface area contributed by atoms with Crippen LogP contribution >= 0.6 is 15.9 Å². The minimum Gasteiger partial charge on any atom is -0.380 e. The number of hydrogen-bond acceptors (Lipinski definition) is 3. The van der Waals surface area contributed by atoms with E-state index in [1.807, 2.05) is 18.2 Å². The molecule has 2 atom stereocenters. The molecule has 1 aliphatic carbocycles. The molecule has 0 heterocycles. The maximum absolute atomic E-state index is 8.77. The Morgan fingerprint density at radius 1 is 1.44 bits per heavy atom. The van der Waals surface area contributed by atoms with Crippen LogP contribution in [0.2, 0.25) is 0 Å². The number of nitrogens with one attached hydrogen (secondary N) is 1. The lowest BCUT2D eigenvalue weighted by Crippen LogP contribution is -2.35. The molecule has 16 heavy (non-hydrogen) atoms. The molecule has 1 fully saturated rings. The maximum Gasteiger partial charge on any atom is 0.0992 e. The van der Waals surface area contributed by atoms with Crippen LogP contribution in [0.4, 0.5) is 5.69 Å². The van der Waals surface area contributed by atoms with Crippen LogP contribution in [0.25, 0.3) is 0 Å². The van der Waals surface area contributed by atoms with Crippen LogP contribution in [0.3, 0.4) is 0 Å². The Kier molecular flexibility index (Phi) is 3.47. The van der Waals surface area contributed by atoms with Gasteiger partial charge in [-0.3, -0.25) is 0 Å². The third-order valence-electron chi connectivity index (χ3n) is 3.01. The van der Waals surface area contributed by atoms with Crippen molar-refractivity contribution in [3.05, 3.63) is 28.2 Å². The summed E-state index contributed by atoms with van der Waals surface area (Å²) in [4.78, 5) is 0. The van der Waals surface area contributed by atoms with Gasteiger partial charge < -0.3 is 11.1 Å². The van der Waals surface area contributed by atoms with Crippen molar-refractivity contribution in [3.63, 3.8) is 0 Å². The highest BCUT2D eigenvalue weighted by Crippen LogP contribution is 2.27. The van der Waals surface area contributed by atoms with Crippen LogP contribution in [0.1, 0.15) is 24.8 Å². The van der Waals surface area contributed by atoms with Crippen molar-refractivity contribution in [2.24, 2.45) is 5.73 Å². The summed E-state index contributed by atoms with van der Waals surface area (Å²) in [5, 5.41) is 12.2. The summed E-state index contributed by atoms with van der Waals surface area (Å²) in [5.74, 6) is 0. The zero-order valence-corrected chi connectivity index (χ0v) is 10.5. The molecular formula is C12H14BrN3. The molecule has 0 aromatic heterocycles. The van der Waals surface area contributed by atoms with Gasteiger partial charge in [-0.05, 0) is 53.4 Å². The van der Waals surface area contributed by atoms with E-state index in [2.05, 4.69) is 27.3 Å². The Labute approximate surface area is 104 Å². The highest BCUT2D eigenvalue weighted by molar-refractivity contribution is 9.10. The van der Waals surface area contributed by atoms with Crippen molar-refractivity contribution in [2.45, 2.75) is 31.3 Å². The maximum atomic E-state index is 8.77. The predicted molar refractivity (Wildman–Crippen MR) is 68.1 cm³/mol. The molecule has 2 rings (SSSR count). The molecule has 1 saturated carbocycles. The van der Waals surface area contributed by atoms with Crippen LogP contribution in [0.5, 0.6) is 0 Å². The second kappa shape index (κ2) is 4.86. The largest absolute Gasteiger partial charge is 0.380 e. The second-order valence-corrected chi connectivity index (χ2v) is 5.01. The Balaban J connectivity index is 2.13. The van der Waals surface area contributed by atoms with Crippen molar-refractivity contribution < 1.29 is 0 Å². The van der Waals surface area contributed by atoms with Gasteiger partial charge in [0.1, 0.15) is 0 Å². The first-order valence-corrected chi connectivity index (χ1v) is 6.22. The summed E-state index contributed by atoms with van der Waals surface area (Å²) >= 11 is 3.46. The number of hydrogen-bond donors (Lipinski definition) is 2. The van der Waals surface area contributed by atoms with Crippen molar-refractivity contribution in [3.8, 4) is 6.07 Å². The van der Waals surface area contributed by atoms with E-state index in [1.165, 1.54) is 6.42 Å². The Hall–Kier alpha value is -1.05. The lowest BCUT2D eigenvalue weighted by molar-refractivity contribution is 0.637. The number of rotatable bonds is 2. The summed E-state index contributed by atoms with van der Waals surface area (Å²) in [6, 6.07) is 8.26.